The second-order valence-electron chi connectivity index (χ2n) is 6.87. The van der Waals surface area contributed by atoms with Gasteiger partial charge in [0.2, 0.25) is 0 Å². The van der Waals surface area contributed by atoms with Gasteiger partial charge in [0.15, 0.2) is 6.10 Å². The summed E-state index contributed by atoms with van der Waals surface area (Å²) in [6.45, 7) is 7.18. The third-order valence-electron chi connectivity index (χ3n) is 4.67. The molecule has 29 heavy (non-hydrogen) atoms. The summed E-state index contributed by atoms with van der Waals surface area (Å²) in [6, 6.07) is 11.2. The summed E-state index contributed by atoms with van der Waals surface area (Å²) in [7, 11) is 0. The van der Waals surface area contributed by atoms with Gasteiger partial charge in [-0.1, -0.05) is 12.1 Å². The molecule has 7 heteroatoms. The molecule has 1 aromatic heterocycles. The van der Waals surface area contributed by atoms with Gasteiger partial charge in [0.25, 0.3) is 11.8 Å². The Balaban J connectivity index is 1.69. The van der Waals surface area contributed by atoms with E-state index in [9.17, 15) is 14.0 Å². The maximum atomic E-state index is 13.5. The van der Waals surface area contributed by atoms with Crippen LogP contribution in [0.25, 0.3) is 10.9 Å². The van der Waals surface area contributed by atoms with Crippen LogP contribution in [0.3, 0.4) is 0 Å². The summed E-state index contributed by atoms with van der Waals surface area (Å²) < 4.78 is 19.2. The number of benzene rings is 2. The van der Waals surface area contributed by atoms with Crippen LogP contribution in [0.15, 0.2) is 42.5 Å². The number of rotatable bonds is 4. The monoisotopic (exact) mass is 395 g/mol. The van der Waals surface area contributed by atoms with Gasteiger partial charge in [-0.25, -0.2) is 4.39 Å². The maximum Gasteiger partial charge on any atom is 0.279 e. The number of amides is 2. The van der Waals surface area contributed by atoms with E-state index < -0.39 is 23.7 Å². The lowest BCUT2D eigenvalue weighted by Gasteiger charge is -2.17. The van der Waals surface area contributed by atoms with Crippen molar-refractivity contribution in [3.63, 3.8) is 0 Å². The molecule has 1 heterocycles. The molecule has 2 aromatic carbocycles. The average Bonchev–Trinajstić information content (AvgIpc) is 2.68. The van der Waals surface area contributed by atoms with Crippen LogP contribution >= 0.6 is 0 Å². The van der Waals surface area contributed by atoms with Crippen molar-refractivity contribution >= 4 is 22.7 Å². The molecule has 150 valence electrons. The molecule has 3 aromatic rings. The van der Waals surface area contributed by atoms with Crippen molar-refractivity contribution in [3.05, 3.63) is 70.7 Å². The van der Waals surface area contributed by atoms with Gasteiger partial charge in [-0.05, 0) is 63.1 Å². The first kappa shape index (κ1) is 20.3. The van der Waals surface area contributed by atoms with E-state index in [0.29, 0.717) is 22.3 Å². The molecule has 0 bridgehead atoms. The summed E-state index contributed by atoms with van der Waals surface area (Å²) in [5, 5.41) is 0.489. The minimum absolute atomic E-state index is 0.288. The molecule has 0 radical (unpaired) electrons. The highest BCUT2D eigenvalue weighted by atomic mass is 19.1. The molecule has 2 N–H and O–H groups in total. The molecule has 0 spiro atoms. The highest BCUT2D eigenvalue weighted by molar-refractivity contribution is 6.06. The Kier molecular flexibility index (Phi) is 5.77. The fraction of sp³-hybridized carbons (Fsp3) is 0.227. The van der Waals surface area contributed by atoms with Crippen molar-refractivity contribution in [1.82, 2.24) is 15.8 Å². The van der Waals surface area contributed by atoms with Crippen LogP contribution in [0.4, 0.5) is 4.39 Å². The standard InChI is InChI=1S/C22H22FN3O3/c1-12-6-5-7-20(14(12)3)29-15(4)21(27)25-26-22(28)18-10-13(2)24-19-11-16(23)8-9-17(18)19/h5-11,15H,1-4H3,(H,25,27)(H,26,28). The highest BCUT2D eigenvalue weighted by Crippen LogP contribution is 2.22. The molecule has 0 saturated heterocycles. The third kappa shape index (κ3) is 4.51. The Labute approximate surface area is 168 Å². The summed E-state index contributed by atoms with van der Waals surface area (Å²) in [5.74, 6) is -0.857. The second-order valence-corrected chi connectivity index (χ2v) is 6.87. The van der Waals surface area contributed by atoms with Gasteiger partial charge in [-0.2, -0.15) is 0 Å². The SMILES string of the molecule is Cc1cc(C(=O)NNC(=O)C(C)Oc2cccc(C)c2C)c2ccc(F)cc2n1. The predicted molar refractivity (Wildman–Crippen MR) is 108 cm³/mol. The van der Waals surface area contributed by atoms with E-state index in [0.717, 1.165) is 11.1 Å². The number of hydrogen-bond donors (Lipinski definition) is 2. The lowest BCUT2D eigenvalue weighted by atomic mass is 10.1. The first-order valence-corrected chi connectivity index (χ1v) is 9.16. The molecule has 2 amide bonds. The van der Waals surface area contributed by atoms with Gasteiger partial charge in [-0.15, -0.1) is 0 Å². The fourth-order valence-electron chi connectivity index (χ4n) is 2.90. The lowest BCUT2D eigenvalue weighted by molar-refractivity contribution is -0.128. The Morgan fingerprint density at radius 1 is 1.07 bits per heavy atom. The van der Waals surface area contributed by atoms with E-state index in [1.165, 1.54) is 18.2 Å². The average molecular weight is 395 g/mol. The Hall–Kier alpha value is -3.48. The van der Waals surface area contributed by atoms with Gasteiger partial charge < -0.3 is 4.74 Å². The molecule has 0 aliphatic rings. The van der Waals surface area contributed by atoms with Crippen molar-refractivity contribution < 1.29 is 18.7 Å². The summed E-state index contributed by atoms with van der Waals surface area (Å²) in [6.07, 6.45) is -0.819. The number of hydrazine groups is 1. The molecule has 0 aliphatic heterocycles. The van der Waals surface area contributed by atoms with Crippen molar-refractivity contribution in [2.24, 2.45) is 0 Å². The Bertz CT molecular complexity index is 1090. The second kappa shape index (κ2) is 8.26. The Morgan fingerprint density at radius 3 is 2.59 bits per heavy atom. The van der Waals surface area contributed by atoms with E-state index in [2.05, 4.69) is 15.8 Å². The van der Waals surface area contributed by atoms with Crippen molar-refractivity contribution in [3.8, 4) is 5.75 Å². The number of halogens is 1. The number of carbonyl (C=O) groups excluding carboxylic acids is 2. The van der Waals surface area contributed by atoms with Crippen molar-refractivity contribution in [2.45, 2.75) is 33.8 Å². The van der Waals surface area contributed by atoms with E-state index in [-0.39, 0.29) is 5.56 Å². The van der Waals surface area contributed by atoms with Crippen LogP contribution in [0.2, 0.25) is 0 Å². The molecular weight excluding hydrogens is 373 g/mol. The molecule has 0 saturated carbocycles. The number of pyridine rings is 1. The quantitative estimate of drug-likeness (QED) is 0.663. The number of carbonyl (C=O) groups is 2. The van der Waals surface area contributed by atoms with E-state index in [1.807, 2.05) is 26.0 Å². The Morgan fingerprint density at radius 2 is 1.83 bits per heavy atom. The molecule has 6 nitrogen and oxygen atoms in total. The molecule has 1 atom stereocenters. The van der Waals surface area contributed by atoms with Crippen molar-refractivity contribution in [2.75, 3.05) is 0 Å². The normalized spacial score (nSPS) is 11.8. The number of fused-ring (bicyclic) bond motifs is 1. The molecular formula is C22H22FN3O3. The number of aromatic nitrogens is 1. The molecule has 1 unspecified atom stereocenters. The third-order valence-corrected chi connectivity index (χ3v) is 4.67. The van der Waals surface area contributed by atoms with Crippen LogP contribution in [0.5, 0.6) is 5.75 Å². The van der Waals surface area contributed by atoms with Crippen LogP contribution in [-0.4, -0.2) is 22.9 Å². The summed E-state index contributed by atoms with van der Waals surface area (Å²) in [5.41, 5.74) is 7.98. The van der Waals surface area contributed by atoms with E-state index >= 15 is 0 Å². The lowest BCUT2D eigenvalue weighted by Crippen LogP contribution is -2.47. The number of hydrogen-bond acceptors (Lipinski definition) is 4. The van der Waals surface area contributed by atoms with Gasteiger partial charge in [0.05, 0.1) is 11.1 Å². The van der Waals surface area contributed by atoms with Crippen LogP contribution in [0.1, 0.15) is 34.1 Å². The molecule has 0 fully saturated rings. The highest BCUT2D eigenvalue weighted by Gasteiger charge is 2.18. The maximum absolute atomic E-state index is 13.5. The van der Waals surface area contributed by atoms with Crippen LogP contribution in [0, 0.1) is 26.6 Å². The summed E-state index contributed by atoms with van der Waals surface area (Å²) in [4.78, 5) is 29.2. The van der Waals surface area contributed by atoms with E-state index in [4.69, 9.17) is 4.74 Å². The summed E-state index contributed by atoms with van der Waals surface area (Å²) >= 11 is 0. The fourth-order valence-corrected chi connectivity index (χ4v) is 2.90. The number of aryl methyl sites for hydroxylation is 2. The van der Waals surface area contributed by atoms with Crippen molar-refractivity contribution in [1.29, 1.82) is 0 Å². The first-order chi connectivity index (χ1) is 13.8. The number of nitrogens with zero attached hydrogens (tertiary/aromatic N) is 1. The minimum Gasteiger partial charge on any atom is -0.481 e. The van der Waals surface area contributed by atoms with Gasteiger partial charge in [0.1, 0.15) is 11.6 Å². The topological polar surface area (TPSA) is 80.3 Å². The van der Waals surface area contributed by atoms with Gasteiger partial charge in [0, 0.05) is 17.1 Å². The predicted octanol–water partition coefficient (Wildman–Crippen LogP) is 3.53. The van der Waals surface area contributed by atoms with Crippen LogP contribution < -0.4 is 15.6 Å². The van der Waals surface area contributed by atoms with E-state index in [1.54, 1.807) is 26.0 Å². The van der Waals surface area contributed by atoms with Gasteiger partial charge >= 0.3 is 0 Å². The zero-order valence-electron chi connectivity index (χ0n) is 16.7. The smallest absolute Gasteiger partial charge is 0.279 e. The minimum atomic E-state index is -0.819. The molecule has 0 aliphatic carbocycles. The van der Waals surface area contributed by atoms with Crippen LogP contribution in [-0.2, 0) is 4.79 Å². The zero-order valence-corrected chi connectivity index (χ0v) is 16.7. The largest absolute Gasteiger partial charge is 0.481 e. The number of nitrogens with one attached hydrogen (secondary N) is 2. The zero-order chi connectivity index (χ0) is 21.1. The molecule has 3 rings (SSSR count). The number of ether oxygens (including phenoxy) is 1. The first-order valence-electron chi connectivity index (χ1n) is 9.16. The van der Waals surface area contributed by atoms with Gasteiger partial charge in [-0.3, -0.25) is 25.4 Å².